The third-order valence-corrected chi connectivity index (χ3v) is 6.24. The molecule has 1 unspecified atom stereocenters. The molecule has 1 aliphatic rings. The number of aliphatic hydroxyl groups excluding tert-OH is 1. The van der Waals surface area contributed by atoms with Crippen molar-refractivity contribution in [2.45, 2.75) is 39.7 Å². The molecule has 0 aliphatic carbocycles. The maximum Gasteiger partial charge on any atom is 0.300 e. The molecule has 1 N–H and O–H groups in total. The van der Waals surface area contributed by atoms with Crippen LogP contribution in [-0.4, -0.2) is 23.9 Å². The van der Waals surface area contributed by atoms with Crippen LogP contribution in [0.1, 0.15) is 53.6 Å². The van der Waals surface area contributed by atoms with Crippen LogP contribution in [0.4, 0.5) is 10.1 Å². The minimum absolute atomic E-state index is 0.0411. The molecule has 4 rings (SSSR count). The van der Waals surface area contributed by atoms with Crippen LogP contribution in [0.3, 0.4) is 0 Å². The molecule has 1 fully saturated rings. The van der Waals surface area contributed by atoms with Gasteiger partial charge in [-0.3, -0.25) is 14.5 Å². The van der Waals surface area contributed by atoms with Crippen LogP contribution in [0.2, 0.25) is 0 Å². The molecule has 0 aromatic heterocycles. The molecule has 0 saturated carbocycles. The number of aryl methyl sites for hydroxylation is 2. The summed E-state index contributed by atoms with van der Waals surface area (Å²) in [6, 6.07) is 15.5. The van der Waals surface area contributed by atoms with Gasteiger partial charge in [0.25, 0.3) is 11.7 Å². The molecule has 0 bridgehead atoms. The summed E-state index contributed by atoms with van der Waals surface area (Å²) in [5, 5.41) is 11.4. The number of rotatable bonds is 5. The van der Waals surface area contributed by atoms with Gasteiger partial charge in [0.05, 0.1) is 18.7 Å². The molecule has 3 aromatic carbocycles. The number of halogens is 1. The third-order valence-electron chi connectivity index (χ3n) is 6.24. The van der Waals surface area contributed by atoms with Gasteiger partial charge < -0.3 is 9.84 Å². The Kier molecular flexibility index (Phi) is 6.48. The van der Waals surface area contributed by atoms with E-state index in [1.54, 1.807) is 25.3 Å². The van der Waals surface area contributed by atoms with Crippen molar-refractivity contribution in [3.05, 3.63) is 99.9 Å². The Bertz CT molecular complexity index is 1320. The summed E-state index contributed by atoms with van der Waals surface area (Å²) in [5.41, 5.74) is 4.13. The van der Waals surface area contributed by atoms with E-state index in [9.17, 15) is 19.1 Å². The monoisotopic (exact) mass is 473 g/mol. The lowest BCUT2D eigenvalue weighted by Gasteiger charge is -2.26. The number of hydrogen-bond acceptors (Lipinski definition) is 4. The zero-order valence-corrected chi connectivity index (χ0v) is 20.4. The smallest absolute Gasteiger partial charge is 0.300 e. The number of amides is 1. The normalized spacial score (nSPS) is 17.3. The fourth-order valence-electron chi connectivity index (χ4n) is 4.64. The molecule has 180 valence electrons. The Hall–Kier alpha value is -3.93. The molecule has 35 heavy (non-hydrogen) atoms. The van der Waals surface area contributed by atoms with Crippen molar-refractivity contribution >= 4 is 23.1 Å². The number of Topliss-reactive ketones (excluding diaryl/α,β-unsaturated/α-hetero) is 1. The second-order valence-electron chi connectivity index (χ2n) is 9.18. The van der Waals surface area contributed by atoms with Crippen LogP contribution in [0, 0.1) is 19.7 Å². The van der Waals surface area contributed by atoms with Gasteiger partial charge in [-0.1, -0.05) is 32.0 Å². The molecule has 1 atom stereocenters. The van der Waals surface area contributed by atoms with Crippen molar-refractivity contribution in [3.8, 4) is 5.75 Å². The van der Waals surface area contributed by atoms with Gasteiger partial charge in [-0.25, -0.2) is 4.39 Å². The number of carbonyl (C=O) groups is 2. The van der Waals surface area contributed by atoms with Gasteiger partial charge in [-0.2, -0.15) is 0 Å². The molecule has 0 radical (unpaired) electrons. The van der Waals surface area contributed by atoms with E-state index in [4.69, 9.17) is 4.74 Å². The molecule has 6 heteroatoms. The van der Waals surface area contributed by atoms with E-state index in [0.29, 0.717) is 22.6 Å². The second kappa shape index (κ2) is 9.37. The standard InChI is InChI=1S/C29H28FNO4/c1-16(2)23-15-20(8-11-24(23)35-5)27(32)25-26(19-6-9-21(30)10-7-19)31(29(34)28(25)33)22-13-17(3)12-18(4)14-22/h6-16,26,32H,1-5H3/b27-25-. The van der Waals surface area contributed by atoms with E-state index < -0.39 is 23.5 Å². The average molecular weight is 474 g/mol. The summed E-state index contributed by atoms with van der Waals surface area (Å²) >= 11 is 0. The van der Waals surface area contributed by atoms with E-state index in [2.05, 4.69) is 0 Å². The Labute approximate surface area is 204 Å². The fraction of sp³-hybridized carbons (Fsp3) is 0.241. The van der Waals surface area contributed by atoms with Crippen LogP contribution in [-0.2, 0) is 9.59 Å². The number of benzene rings is 3. The van der Waals surface area contributed by atoms with Gasteiger partial charge in [0, 0.05) is 11.3 Å². The van der Waals surface area contributed by atoms with Crippen molar-refractivity contribution in [2.75, 3.05) is 12.0 Å². The molecular formula is C29H28FNO4. The number of ether oxygens (including phenoxy) is 1. The molecule has 1 amide bonds. The number of anilines is 1. The van der Waals surface area contributed by atoms with Crippen LogP contribution in [0.5, 0.6) is 5.75 Å². The number of ketones is 1. The van der Waals surface area contributed by atoms with E-state index in [1.807, 2.05) is 45.9 Å². The van der Waals surface area contributed by atoms with Crippen LogP contribution >= 0.6 is 0 Å². The topological polar surface area (TPSA) is 66.8 Å². The summed E-state index contributed by atoms with van der Waals surface area (Å²) in [6.07, 6.45) is 0. The molecule has 5 nitrogen and oxygen atoms in total. The first kappa shape index (κ1) is 24.2. The first-order chi connectivity index (χ1) is 16.6. The zero-order chi connectivity index (χ0) is 25.4. The maximum atomic E-state index is 13.7. The highest BCUT2D eigenvalue weighted by Gasteiger charge is 2.47. The Balaban J connectivity index is 1.96. The number of carbonyl (C=O) groups excluding carboxylic acids is 2. The predicted molar refractivity (Wildman–Crippen MR) is 134 cm³/mol. The van der Waals surface area contributed by atoms with E-state index in [1.165, 1.54) is 29.2 Å². The summed E-state index contributed by atoms with van der Waals surface area (Å²) in [5.74, 6) is -1.49. The van der Waals surface area contributed by atoms with E-state index in [-0.39, 0.29) is 17.3 Å². The highest BCUT2D eigenvalue weighted by Crippen LogP contribution is 2.43. The second-order valence-corrected chi connectivity index (χ2v) is 9.18. The first-order valence-corrected chi connectivity index (χ1v) is 11.5. The lowest BCUT2D eigenvalue weighted by atomic mass is 9.93. The van der Waals surface area contributed by atoms with Crippen molar-refractivity contribution < 1.29 is 23.8 Å². The highest BCUT2D eigenvalue weighted by molar-refractivity contribution is 6.51. The Morgan fingerprint density at radius 1 is 0.971 bits per heavy atom. The summed E-state index contributed by atoms with van der Waals surface area (Å²) in [7, 11) is 1.57. The minimum Gasteiger partial charge on any atom is -0.507 e. The van der Waals surface area contributed by atoms with Crippen LogP contribution in [0.25, 0.3) is 5.76 Å². The minimum atomic E-state index is -0.915. The maximum absolute atomic E-state index is 13.7. The zero-order valence-electron chi connectivity index (χ0n) is 20.4. The van der Waals surface area contributed by atoms with E-state index >= 15 is 0 Å². The third kappa shape index (κ3) is 4.44. The van der Waals surface area contributed by atoms with Crippen LogP contribution in [0.15, 0.2) is 66.2 Å². The fourth-order valence-corrected chi connectivity index (χ4v) is 4.64. The summed E-state index contributed by atoms with van der Waals surface area (Å²) < 4.78 is 19.2. The number of hydrogen-bond donors (Lipinski definition) is 1. The SMILES string of the molecule is COc1ccc(/C(O)=C2/C(=O)C(=O)N(c3cc(C)cc(C)c3)C2c2ccc(F)cc2)cc1C(C)C. The van der Waals surface area contributed by atoms with Crippen molar-refractivity contribution in [2.24, 2.45) is 0 Å². The van der Waals surface area contributed by atoms with Gasteiger partial charge >= 0.3 is 0 Å². The summed E-state index contributed by atoms with van der Waals surface area (Å²) in [6.45, 7) is 7.81. The first-order valence-electron chi connectivity index (χ1n) is 11.5. The van der Waals surface area contributed by atoms with Gasteiger partial charge in [0.15, 0.2) is 0 Å². The molecule has 1 heterocycles. The van der Waals surface area contributed by atoms with E-state index in [0.717, 1.165) is 16.7 Å². The number of nitrogens with zero attached hydrogens (tertiary/aromatic N) is 1. The highest BCUT2D eigenvalue weighted by atomic mass is 19.1. The van der Waals surface area contributed by atoms with Gasteiger partial charge in [0.2, 0.25) is 0 Å². The lowest BCUT2D eigenvalue weighted by molar-refractivity contribution is -0.132. The molecular weight excluding hydrogens is 445 g/mol. The largest absolute Gasteiger partial charge is 0.507 e. The van der Waals surface area contributed by atoms with Crippen molar-refractivity contribution in [1.82, 2.24) is 0 Å². The van der Waals surface area contributed by atoms with Crippen molar-refractivity contribution in [3.63, 3.8) is 0 Å². The molecule has 1 saturated heterocycles. The predicted octanol–water partition coefficient (Wildman–Crippen LogP) is 6.20. The number of methoxy groups -OCH3 is 1. The quantitative estimate of drug-likeness (QED) is 0.272. The average Bonchev–Trinajstić information content (AvgIpc) is 3.08. The lowest BCUT2D eigenvalue weighted by Crippen LogP contribution is -2.29. The molecule has 1 aliphatic heterocycles. The number of aliphatic hydroxyl groups is 1. The Morgan fingerprint density at radius 2 is 1.60 bits per heavy atom. The van der Waals surface area contributed by atoms with Gasteiger partial charge in [0.1, 0.15) is 17.3 Å². The van der Waals surface area contributed by atoms with Gasteiger partial charge in [-0.15, -0.1) is 0 Å². The molecule has 3 aromatic rings. The molecule has 0 spiro atoms. The van der Waals surface area contributed by atoms with Gasteiger partial charge in [-0.05, 0) is 84.5 Å². The summed E-state index contributed by atoms with van der Waals surface area (Å²) in [4.78, 5) is 28.1. The van der Waals surface area contributed by atoms with Crippen molar-refractivity contribution in [1.29, 1.82) is 0 Å². The Morgan fingerprint density at radius 3 is 2.17 bits per heavy atom. The van der Waals surface area contributed by atoms with Crippen LogP contribution < -0.4 is 9.64 Å².